The number of benzene rings is 3. The highest BCUT2D eigenvalue weighted by Crippen LogP contribution is 2.31. The molecule has 0 saturated heterocycles. The van der Waals surface area contributed by atoms with E-state index < -0.39 is 0 Å². The molecule has 25 heavy (non-hydrogen) atoms. The van der Waals surface area contributed by atoms with Crippen LogP contribution in [-0.4, -0.2) is 0 Å². The predicted octanol–water partition coefficient (Wildman–Crippen LogP) is 5.23. The van der Waals surface area contributed by atoms with Crippen LogP contribution in [0.1, 0.15) is 12.5 Å². The van der Waals surface area contributed by atoms with E-state index in [1.54, 1.807) is 0 Å². The van der Waals surface area contributed by atoms with Gasteiger partial charge in [0.2, 0.25) is 0 Å². The lowest BCUT2D eigenvalue weighted by atomic mass is 10.1. The molecule has 3 aromatic carbocycles. The summed E-state index contributed by atoms with van der Waals surface area (Å²) in [5.74, 6) is 0. The average molecular weight is 325 g/mol. The summed E-state index contributed by atoms with van der Waals surface area (Å²) in [5, 5.41) is 2.37. The van der Waals surface area contributed by atoms with Crippen LogP contribution < -0.4 is 15.3 Å². The standard InChI is InChI=1S/C24H23N/c1-4-10-23-20(5-2)11-9-14-24(23)25(21-12-7-6-8-13-21)22-17-15-19(3)16-18-22/h4-18H,1H2,2-3H3/b20-5-,23-10+. The third-order valence-electron chi connectivity index (χ3n) is 4.26. The first-order valence-electron chi connectivity index (χ1n) is 8.54. The lowest BCUT2D eigenvalue weighted by Gasteiger charge is -2.26. The Hall–Kier alpha value is -3.06. The Balaban J connectivity index is 2.32. The van der Waals surface area contributed by atoms with Crippen LogP contribution >= 0.6 is 0 Å². The van der Waals surface area contributed by atoms with Gasteiger partial charge in [-0.15, -0.1) is 0 Å². The van der Waals surface area contributed by atoms with Gasteiger partial charge in [0.05, 0.1) is 5.69 Å². The van der Waals surface area contributed by atoms with Gasteiger partial charge in [-0.05, 0) is 49.4 Å². The van der Waals surface area contributed by atoms with Crippen LogP contribution in [0.2, 0.25) is 0 Å². The van der Waals surface area contributed by atoms with Crippen molar-refractivity contribution in [3.05, 3.63) is 101 Å². The summed E-state index contributed by atoms with van der Waals surface area (Å²) < 4.78 is 0. The second-order valence-electron chi connectivity index (χ2n) is 5.98. The summed E-state index contributed by atoms with van der Waals surface area (Å²) in [7, 11) is 0. The third-order valence-corrected chi connectivity index (χ3v) is 4.26. The Kier molecular flexibility index (Phi) is 5.15. The van der Waals surface area contributed by atoms with Crippen molar-refractivity contribution in [1.29, 1.82) is 0 Å². The van der Waals surface area contributed by atoms with Crippen molar-refractivity contribution in [2.24, 2.45) is 0 Å². The molecule has 0 atom stereocenters. The molecule has 0 aliphatic carbocycles. The van der Waals surface area contributed by atoms with Gasteiger partial charge in [0.1, 0.15) is 0 Å². The zero-order valence-electron chi connectivity index (χ0n) is 14.8. The van der Waals surface area contributed by atoms with E-state index in [0.29, 0.717) is 0 Å². The van der Waals surface area contributed by atoms with Crippen LogP contribution in [0.3, 0.4) is 0 Å². The summed E-state index contributed by atoms with van der Waals surface area (Å²) in [5.41, 5.74) is 4.68. The van der Waals surface area contributed by atoms with E-state index in [1.165, 1.54) is 16.0 Å². The van der Waals surface area contributed by atoms with Gasteiger partial charge in [-0.25, -0.2) is 0 Å². The lowest BCUT2D eigenvalue weighted by Crippen LogP contribution is -2.30. The van der Waals surface area contributed by atoms with Gasteiger partial charge in [0.15, 0.2) is 0 Å². The Morgan fingerprint density at radius 1 is 0.800 bits per heavy atom. The number of allylic oxidation sites excluding steroid dienone is 1. The monoisotopic (exact) mass is 325 g/mol. The Bertz CT molecular complexity index is 967. The van der Waals surface area contributed by atoms with Crippen molar-refractivity contribution in [2.75, 3.05) is 4.90 Å². The summed E-state index contributed by atoms with van der Waals surface area (Å²) >= 11 is 0. The number of rotatable bonds is 4. The molecule has 0 aliphatic heterocycles. The highest BCUT2D eigenvalue weighted by Gasteiger charge is 2.13. The van der Waals surface area contributed by atoms with Crippen molar-refractivity contribution in [3.8, 4) is 0 Å². The number of aryl methyl sites for hydroxylation is 1. The molecule has 3 rings (SSSR count). The van der Waals surface area contributed by atoms with Crippen LogP contribution in [0.5, 0.6) is 0 Å². The molecule has 124 valence electrons. The van der Waals surface area contributed by atoms with Gasteiger partial charge in [0, 0.05) is 16.6 Å². The van der Waals surface area contributed by atoms with E-state index in [-0.39, 0.29) is 0 Å². The van der Waals surface area contributed by atoms with E-state index in [9.17, 15) is 0 Å². The summed E-state index contributed by atoms with van der Waals surface area (Å²) in [6.07, 6.45) is 6.07. The molecular formula is C24H23N. The molecule has 0 heterocycles. The van der Waals surface area contributed by atoms with Crippen LogP contribution in [-0.2, 0) is 0 Å². The maximum atomic E-state index is 3.90. The van der Waals surface area contributed by atoms with Gasteiger partial charge < -0.3 is 4.90 Å². The smallest absolute Gasteiger partial charge is 0.0539 e. The van der Waals surface area contributed by atoms with Crippen molar-refractivity contribution in [3.63, 3.8) is 0 Å². The third kappa shape index (κ3) is 3.56. The molecule has 0 radical (unpaired) electrons. The summed E-state index contributed by atoms with van der Waals surface area (Å²) in [6.45, 7) is 8.08. The minimum absolute atomic E-state index is 1.14. The molecule has 0 unspecified atom stereocenters. The molecular weight excluding hydrogens is 302 g/mol. The Labute approximate surface area is 149 Å². The zero-order chi connectivity index (χ0) is 17.6. The Morgan fingerprint density at radius 2 is 1.48 bits per heavy atom. The first-order chi connectivity index (χ1) is 12.2. The fourth-order valence-electron chi connectivity index (χ4n) is 3.01. The van der Waals surface area contributed by atoms with Gasteiger partial charge in [-0.3, -0.25) is 0 Å². The molecule has 1 heteroatoms. The number of hydrogen-bond donors (Lipinski definition) is 0. The maximum Gasteiger partial charge on any atom is 0.0539 e. The molecule has 0 bridgehead atoms. The molecule has 0 aliphatic rings. The van der Waals surface area contributed by atoms with Gasteiger partial charge in [0.25, 0.3) is 0 Å². The largest absolute Gasteiger partial charge is 0.310 e. The minimum atomic E-state index is 1.14. The molecule has 0 aromatic heterocycles. The van der Waals surface area contributed by atoms with Crippen LogP contribution in [0.25, 0.3) is 12.2 Å². The number of hydrogen-bond acceptors (Lipinski definition) is 1. The van der Waals surface area contributed by atoms with E-state index in [0.717, 1.165) is 17.1 Å². The highest BCUT2D eigenvalue weighted by atomic mass is 15.1. The Morgan fingerprint density at radius 3 is 2.12 bits per heavy atom. The van der Waals surface area contributed by atoms with E-state index in [4.69, 9.17) is 0 Å². The lowest BCUT2D eigenvalue weighted by molar-refractivity contribution is 1.25. The molecule has 0 fully saturated rings. The normalized spacial score (nSPS) is 12.2. The van der Waals surface area contributed by atoms with Crippen molar-refractivity contribution < 1.29 is 0 Å². The number of anilines is 3. The number of para-hydroxylation sites is 1. The fourth-order valence-corrected chi connectivity index (χ4v) is 3.01. The molecule has 3 aromatic rings. The average Bonchev–Trinajstić information content (AvgIpc) is 2.66. The predicted molar refractivity (Wildman–Crippen MR) is 110 cm³/mol. The maximum absolute atomic E-state index is 3.90. The fraction of sp³-hybridized carbons (Fsp3) is 0.0833. The quantitative estimate of drug-likeness (QED) is 0.635. The van der Waals surface area contributed by atoms with Gasteiger partial charge >= 0.3 is 0 Å². The zero-order valence-corrected chi connectivity index (χ0v) is 14.8. The minimum Gasteiger partial charge on any atom is -0.310 e. The van der Waals surface area contributed by atoms with Crippen LogP contribution in [0, 0.1) is 6.92 Å². The van der Waals surface area contributed by atoms with Crippen LogP contribution in [0.4, 0.5) is 17.1 Å². The van der Waals surface area contributed by atoms with E-state index in [2.05, 4.69) is 104 Å². The second-order valence-corrected chi connectivity index (χ2v) is 5.98. The SMILES string of the molecule is C=C/C=c1/c(N(c2ccccc2)c2ccc(C)cc2)ccc/c1=C/C. The molecule has 0 amide bonds. The van der Waals surface area contributed by atoms with Gasteiger partial charge in [-0.2, -0.15) is 0 Å². The second kappa shape index (κ2) is 7.67. The molecule has 0 spiro atoms. The highest BCUT2D eigenvalue weighted by molar-refractivity contribution is 5.77. The van der Waals surface area contributed by atoms with Crippen molar-refractivity contribution in [2.45, 2.75) is 13.8 Å². The van der Waals surface area contributed by atoms with E-state index >= 15 is 0 Å². The van der Waals surface area contributed by atoms with Gasteiger partial charge in [-0.1, -0.05) is 72.8 Å². The molecule has 1 nitrogen and oxygen atoms in total. The number of nitrogens with zero attached hydrogens (tertiary/aromatic N) is 1. The summed E-state index contributed by atoms with van der Waals surface area (Å²) in [6, 6.07) is 25.5. The topological polar surface area (TPSA) is 3.24 Å². The first kappa shape index (κ1) is 16.8. The van der Waals surface area contributed by atoms with E-state index in [1.807, 2.05) is 12.1 Å². The van der Waals surface area contributed by atoms with Crippen molar-refractivity contribution >= 4 is 29.2 Å². The molecule has 0 N–H and O–H groups in total. The summed E-state index contributed by atoms with van der Waals surface area (Å²) in [4.78, 5) is 2.29. The first-order valence-corrected chi connectivity index (χ1v) is 8.54. The van der Waals surface area contributed by atoms with Crippen LogP contribution in [0.15, 0.2) is 85.5 Å². The van der Waals surface area contributed by atoms with Crippen molar-refractivity contribution in [1.82, 2.24) is 0 Å². The molecule has 0 saturated carbocycles.